The third-order valence-corrected chi connectivity index (χ3v) is 6.73. The van der Waals surface area contributed by atoms with Crippen LogP contribution < -0.4 is 0 Å². The summed E-state index contributed by atoms with van der Waals surface area (Å²) in [4.78, 5) is 26.7. The molecule has 196 valence electrons. The minimum absolute atomic E-state index is 0.00837. The van der Waals surface area contributed by atoms with E-state index in [4.69, 9.17) is 18.4 Å². The summed E-state index contributed by atoms with van der Waals surface area (Å²) in [6.07, 6.45) is -0.539. The Labute approximate surface area is 212 Å². The van der Waals surface area contributed by atoms with Crippen LogP contribution >= 0.6 is 0 Å². The van der Waals surface area contributed by atoms with Gasteiger partial charge in [-0.05, 0) is 58.4 Å². The molecule has 3 rings (SSSR count). The smallest absolute Gasteiger partial charge is 0.410 e. The summed E-state index contributed by atoms with van der Waals surface area (Å²) >= 11 is 0. The lowest BCUT2D eigenvalue weighted by Gasteiger charge is -2.28. The van der Waals surface area contributed by atoms with Crippen LogP contribution in [0.4, 0.5) is 4.79 Å². The molecule has 1 aliphatic rings. The van der Waals surface area contributed by atoms with Gasteiger partial charge in [0.2, 0.25) is 0 Å². The van der Waals surface area contributed by atoms with E-state index >= 15 is 0 Å². The highest BCUT2D eigenvalue weighted by molar-refractivity contribution is 7.86. The van der Waals surface area contributed by atoms with Gasteiger partial charge in [-0.3, -0.25) is 9.08 Å². The first-order chi connectivity index (χ1) is 16.9. The number of carbonyl (C=O) groups is 2. The number of esters is 1. The maximum absolute atomic E-state index is 12.8. The number of aryl methyl sites for hydroxylation is 1. The van der Waals surface area contributed by atoms with Gasteiger partial charge in [0.25, 0.3) is 10.1 Å². The van der Waals surface area contributed by atoms with Crippen molar-refractivity contribution in [2.24, 2.45) is 0 Å². The molecule has 2 atom stereocenters. The number of hydrogen-bond acceptors (Lipinski definition) is 8. The summed E-state index contributed by atoms with van der Waals surface area (Å²) in [6, 6.07) is 14.5. The Morgan fingerprint density at radius 1 is 1.00 bits per heavy atom. The summed E-state index contributed by atoms with van der Waals surface area (Å²) in [5.74, 6) is -0.487. The van der Waals surface area contributed by atoms with Crippen molar-refractivity contribution in [1.82, 2.24) is 4.90 Å². The number of nitrogens with zero attached hydrogens (tertiary/aromatic N) is 1. The fraction of sp³-hybridized carbons (Fsp3) is 0.462. The van der Waals surface area contributed by atoms with Crippen LogP contribution in [0, 0.1) is 6.92 Å². The fourth-order valence-corrected chi connectivity index (χ4v) is 4.55. The Kier molecular flexibility index (Phi) is 9.10. The zero-order valence-corrected chi connectivity index (χ0v) is 21.8. The number of ether oxygens (including phenoxy) is 3. The quantitative estimate of drug-likeness (QED) is 0.278. The van der Waals surface area contributed by atoms with Gasteiger partial charge in [-0.25, -0.2) is 9.59 Å². The normalized spacial score (nSPS) is 18.2. The third kappa shape index (κ3) is 8.04. The molecule has 10 heteroatoms. The fourth-order valence-electron chi connectivity index (χ4n) is 3.66. The number of benzene rings is 2. The Morgan fingerprint density at radius 2 is 1.67 bits per heavy atom. The van der Waals surface area contributed by atoms with Crippen molar-refractivity contribution in [2.45, 2.75) is 56.8 Å². The van der Waals surface area contributed by atoms with E-state index in [-0.39, 0.29) is 31.3 Å². The van der Waals surface area contributed by atoms with Gasteiger partial charge in [0.1, 0.15) is 12.2 Å². The molecule has 9 nitrogen and oxygen atoms in total. The number of rotatable bonds is 9. The predicted octanol–water partition coefficient (Wildman–Crippen LogP) is 3.95. The first-order valence-electron chi connectivity index (χ1n) is 11.7. The summed E-state index contributed by atoms with van der Waals surface area (Å²) in [5.41, 5.74) is 0.663. The Balaban J connectivity index is 1.55. The molecule has 2 aromatic rings. The molecule has 1 heterocycles. The van der Waals surface area contributed by atoms with Gasteiger partial charge in [-0.2, -0.15) is 8.42 Å². The van der Waals surface area contributed by atoms with Crippen LogP contribution in [-0.2, 0) is 28.5 Å². The van der Waals surface area contributed by atoms with Crippen LogP contribution in [0.1, 0.15) is 43.1 Å². The first kappa shape index (κ1) is 27.6. The molecule has 0 saturated carbocycles. The second kappa shape index (κ2) is 11.9. The molecule has 0 N–H and O–H groups in total. The minimum Gasteiger partial charge on any atom is -0.460 e. The molecule has 0 aliphatic carbocycles. The second-order valence-corrected chi connectivity index (χ2v) is 11.2. The van der Waals surface area contributed by atoms with Gasteiger partial charge in [0, 0.05) is 0 Å². The number of carbonyl (C=O) groups excluding carboxylic acids is 2. The molecule has 0 spiro atoms. The zero-order valence-electron chi connectivity index (χ0n) is 21.0. The Morgan fingerprint density at radius 3 is 2.31 bits per heavy atom. The highest BCUT2D eigenvalue weighted by atomic mass is 32.2. The van der Waals surface area contributed by atoms with Gasteiger partial charge >= 0.3 is 12.1 Å². The maximum Gasteiger partial charge on any atom is 0.410 e. The molecule has 1 aliphatic heterocycles. The van der Waals surface area contributed by atoms with Crippen molar-refractivity contribution in [2.75, 3.05) is 26.4 Å². The zero-order chi connectivity index (χ0) is 26.3. The summed E-state index contributed by atoms with van der Waals surface area (Å²) in [5, 5.41) is 0. The third-order valence-electron chi connectivity index (χ3n) is 5.41. The lowest BCUT2D eigenvalue weighted by Crippen LogP contribution is -2.42. The Bertz CT molecular complexity index is 1130. The van der Waals surface area contributed by atoms with E-state index in [1.807, 2.05) is 6.92 Å². The molecule has 2 aromatic carbocycles. The van der Waals surface area contributed by atoms with Crippen LogP contribution in [0.25, 0.3) is 0 Å². The standard InChI is InChI=1S/C26H33NO8S/c1-19-10-12-23(13-11-19)36(30,31)34-15-14-32-22-16-21(27(17-22)25(29)35-26(2,3)4)18-33-24(28)20-8-6-5-7-9-20/h5-13,21-22H,14-18H2,1-4H3/t21-,22+/m0/s1. The molecule has 0 unspecified atom stereocenters. The molecule has 1 amide bonds. The summed E-state index contributed by atoms with van der Waals surface area (Å²) in [6.45, 7) is 7.20. The molecule has 36 heavy (non-hydrogen) atoms. The summed E-state index contributed by atoms with van der Waals surface area (Å²) < 4.78 is 46.5. The van der Waals surface area contributed by atoms with E-state index in [9.17, 15) is 18.0 Å². The van der Waals surface area contributed by atoms with Gasteiger partial charge < -0.3 is 14.2 Å². The van der Waals surface area contributed by atoms with Crippen molar-refractivity contribution in [3.05, 3.63) is 65.7 Å². The maximum atomic E-state index is 12.8. The minimum atomic E-state index is -3.89. The van der Waals surface area contributed by atoms with Crippen molar-refractivity contribution >= 4 is 22.2 Å². The van der Waals surface area contributed by atoms with Crippen LogP contribution in [0.2, 0.25) is 0 Å². The van der Waals surface area contributed by atoms with Gasteiger partial charge in [-0.15, -0.1) is 0 Å². The molecular weight excluding hydrogens is 486 g/mol. The Hall–Kier alpha value is -2.95. The van der Waals surface area contributed by atoms with E-state index in [2.05, 4.69) is 0 Å². The van der Waals surface area contributed by atoms with E-state index in [0.717, 1.165) is 5.56 Å². The van der Waals surface area contributed by atoms with E-state index in [0.29, 0.717) is 12.0 Å². The average Bonchev–Trinajstić information content (AvgIpc) is 3.23. The van der Waals surface area contributed by atoms with Crippen LogP contribution in [0.5, 0.6) is 0 Å². The van der Waals surface area contributed by atoms with Gasteiger partial charge in [0.05, 0.1) is 42.4 Å². The lowest BCUT2D eigenvalue weighted by molar-refractivity contribution is 0.00757. The highest BCUT2D eigenvalue weighted by Crippen LogP contribution is 2.24. The van der Waals surface area contributed by atoms with Crippen molar-refractivity contribution < 1.29 is 36.4 Å². The molecule has 0 aromatic heterocycles. The van der Waals surface area contributed by atoms with Crippen LogP contribution in [0.15, 0.2) is 59.5 Å². The van der Waals surface area contributed by atoms with E-state index < -0.39 is 39.9 Å². The van der Waals surface area contributed by atoms with E-state index in [1.54, 1.807) is 63.2 Å². The summed E-state index contributed by atoms with van der Waals surface area (Å²) in [7, 11) is -3.89. The molecule has 1 saturated heterocycles. The van der Waals surface area contributed by atoms with Crippen molar-refractivity contribution in [3.8, 4) is 0 Å². The molecular formula is C26H33NO8S. The number of hydrogen-bond donors (Lipinski definition) is 0. The van der Waals surface area contributed by atoms with Crippen LogP contribution in [0.3, 0.4) is 0 Å². The van der Waals surface area contributed by atoms with Gasteiger partial charge in [0.15, 0.2) is 0 Å². The van der Waals surface area contributed by atoms with Gasteiger partial charge in [-0.1, -0.05) is 35.9 Å². The predicted molar refractivity (Wildman–Crippen MR) is 132 cm³/mol. The number of likely N-dealkylation sites (tertiary alicyclic amines) is 1. The van der Waals surface area contributed by atoms with Crippen LogP contribution in [-0.4, -0.2) is 69.5 Å². The molecule has 0 bridgehead atoms. The average molecular weight is 520 g/mol. The number of amides is 1. The SMILES string of the molecule is Cc1ccc(S(=O)(=O)OCCO[C@@H]2C[C@@H](COC(=O)c3ccccc3)N(C(=O)OC(C)(C)C)C2)cc1. The van der Waals surface area contributed by atoms with Crippen molar-refractivity contribution in [3.63, 3.8) is 0 Å². The van der Waals surface area contributed by atoms with E-state index in [1.165, 1.54) is 17.0 Å². The first-order valence-corrected chi connectivity index (χ1v) is 13.1. The largest absolute Gasteiger partial charge is 0.460 e. The second-order valence-electron chi connectivity index (χ2n) is 9.57. The lowest BCUT2D eigenvalue weighted by atomic mass is 10.2. The molecule has 1 fully saturated rings. The molecule has 0 radical (unpaired) electrons. The topological polar surface area (TPSA) is 108 Å². The monoisotopic (exact) mass is 519 g/mol. The van der Waals surface area contributed by atoms with Crippen molar-refractivity contribution in [1.29, 1.82) is 0 Å². The highest BCUT2D eigenvalue weighted by Gasteiger charge is 2.39.